The second-order valence-electron chi connectivity index (χ2n) is 3.13. The zero-order chi connectivity index (χ0) is 12.1. The van der Waals surface area contributed by atoms with Gasteiger partial charge in [0.15, 0.2) is 5.78 Å². The van der Waals surface area contributed by atoms with Gasteiger partial charge in [-0.2, -0.15) is 0 Å². The predicted molar refractivity (Wildman–Crippen MR) is 64.8 cm³/mol. The van der Waals surface area contributed by atoms with Crippen molar-refractivity contribution in [1.82, 2.24) is 0 Å². The highest BCUT2D eigenvalue weighted by Crippen LogP contribution is 2.19. The minimum absolute atomic E-state index is 0.0365. The first-order valence-corrected chi connectivity index (χ1v) is 5.41. The Morgan fingerprint density at radius 1 is 1.31 bits per heavy atom. The summed E-state index contributed by atoms with van der Waals surface area (Å²) in [5.41, 5.74) is 0.799. The third-order valence-corrected chi connectivity index (χ3v) is 2.71. The number of ketones is 1. The zero-order valence-corrected chi connectivity index (χ0v) is 10.6. The second-order valence-corrected chi connectivity index (χ2v) is 3.98. The molecule has 0 aromatic heterocycles. The van der Waals surface area contributed by atoms with E-state index in [1.165, 1.54) is 20.1 Å². The molecule has 0 atom stereocenters. The van der Waals surface area contributed by atoms with Crippen LogP contribution in [0.3, 0.4) is 0 Å². The molecule has 3 nitrogen and oxygen atoms in total. The van der Waals surface area contributed by atoms with Gasteiger partial charge in [0, 0.05) is 4.47 Å². The van der Waals surface area contributed by atoms with Crippen LogP contribution in [0.1, 0.15) is 12.5 Å². The normalized spacial score (nSPS) is 11.1. The highest BCUT2D eigenvalue weighted by molar-refractivity contribution is 9.10. The number of carbonyl (C=O) groups is 2. The van der Waals surface area contributed by atoms with Crippen LogP contribution in [0.25, 0.3) is 6.08 Å². The predicted octanol–water partition coefficient (Wildman–Crippen LogP) is 2.59. The Morgan fingerprint density at radius 3 is 2.44 bits per heavy atom. The van der Waals surface area contributed by atoms with Crippen molar-refractivity contribution in [2.45, 2.75) is 6.92 Å². The molecule has 0 spiro atoms. The first kappa shape index (κ1) is 12.6. The molecule has 0 saturated heterocycles. The van der Waals surface area contributed by atoms with Gasteiger partial charge in [0.1, 0.15) is 5.57 Å². The summed E-state index contributed by atoms with van der Waals surface area (Å²) in [6, 6.07) is 7.31. The molecule has 0 aliphatic carbocycles. The van der Waals surface area contributed by atoms with E-state index in [1.807, 2.05) is 18.2 Å². The van der Waals surface area contributed by atoms with Crippen LogP contribution in [0.2, 0.25) is 0 Å². The van der Waals surface area contributed by atoms with E-state index in [0.29, 0.717) is 0 Å². The van der Waals surface area contributed by atoms with E-state index >= 15 is 0 Å². The van der Waals surface area contributed by atoms with Gasteiger partial charge in [-0.25, -0.2) is 4.79 Å². The van der Waals surface area contributed by atoms with Gasteiger partial charge in [0.2, 0.25) is 0 Å². The summed E-state index contributed by atoms with van der Waals surface area (Å²) in [7, 11) is 1.25. The lowest BCUT2D eigenvalue weighted by Gasteiger charge is -2.02. The lowest BCUT2D eigenvalue weighted by Crippen LogP contribution is -2.11. The molecule has 0 aliphatic heterocycles. The van der Waals surface area contributed by atoms with Crippen molar-refractivity contribution < 1.29 is 14.3 Å². The molecular formula is C12H11BrO3. The molecular weight excluding hydrogens is 272 g/mol. The Morgan fingerprint density at radius 2 is 1.94 bits per heavy atom. The fourth-order valence-electron chi connectivity index (χ4n) is 1.16. The summed E-state index contributed by atoms with van der Waals surface area (Å²) in [6.45, 7) is 1.33. The molecule has 0 amide bonds. The minimum Gasteiger partial charge on any atom is -0.465 e. The van der Waals surface area contributed by atoms with Crippen molar-refractivity contribution in [3.05, 3.63) is 39.9 Å². The van der Waals surface area contributed by atoms with E-state index in [1.54, 1.807) is 6.07 Å². The molecule has 84 valence electrons. The Labute approximate surface area is 102 Å². The van der Waals surface area contributed by atoms with Gasteiger partial charge in [-0.3, -0.25) is 4.79 Å². The topological polar surface area (TPSA) is 43.4 Å². The van der Waals surface area contributed by atoms with E-state index in [2.05, 4.69) is 20.7 Å². The summed E-state index contributed by atoms with van der Waals surface area (Å²) in [6.07, 6.45) is 1.51. The first-order valence-electron chi connectivity index (χ1n) is 4.61. The van der Waals surface area contributed by atoms with Crippen LogP contribution in [0.5, 0.6) is 0 Å². The van der Waals surface area contributed by atoms with Crippen molar-refractivity contribution in [3.63, 3.8) is 0 Å². The van der Waals surface area contributed by atoms with Crippen LogP contribution in [0.4, 0.5) is 0 Å². The average Bonchev–Trinajstić information content (AvgIpc) is 2.26. The van der Waals surface area contributed by atoms with Crippen LogP contribution >= 0.6 is 15.9 Å². The van der Waals surface area contributed by atoms with Crippen LogP contribution < -0.4 is 0 Å². The number of halogens is 1. The number of hydrogen-bond donors (Lipinski definition) is 0. The number of hydrogen-bond acceptors (Lipinski definition) is 3. The minimum atomic E-state index is -0.622. The maximum atomic E-state index is 11.3. The number of ether oxygens (including phenoxy) is 1. The summed E-state index contributed by atoms with van der Waals surface area (Å²) in [5.74, 6) is -0.939. The highest BCUT2D eigenvalue weighted by atomic mass is 79.9. The van der Waals surface area contributed by atoms with Crippen molar-refractivity contribution in [1.29, 1.82) is 0 Å². The van der Waals surface area contributed by atoms with E-state index in [9.17, 15) is 9.59 Å². The van der Waals surface area contributed by atoms with E-state index in [4.69, 9.17) is 0 Å². The molecule has 1 aromatic carbocycles. The molecule has 0 N–H and O–H groups in total. The first-order chi connectivity index (χ1) is 7.56. The summed E-state index contributed by atoms with van der Waals surface area (Å²) >= 11 is 3.34. The van der Waals surface area contributed by atoms with Gasteiger partial charge >= 0.3 is 5.97 Å². The lowest BCUT2D eigenvalue weighted by atomic mass is 10.1. The molecule has 4 heteroatoms. The van der Waals surface area contributed by atoms with Crippen molar-refractivity contribution >= 4 is 33.8 Å². The molecule has 0 bridgehead atoms. The molecule has 1 aromatic rings. The summed E-state index contributed by atoms with van der Waals surface area (Å²) in [4.78, 5) is 22.6. The summed E-state index contributed by atoms with van der Waals surface area (Å²) in [5, 5.41) is 0. The molecule has 0 unspecified atom stereocenters. The average molecular weight is 283 g/mol. The van der Waals surface area contributed by atoms with Crippen LogP contribution in [-0.4, -0.2) is 18.9 Å². The van der Waals surface area contributed by atoms with Crippen LogP contribution in [0, 0.1) is 0 Å². The molecule has 16 heavy (non-hydrogen) atoms. The lowest BCUT2D eigenvalue weighted by molar-refractivity contribution is -0.137. The van der Waals surface area contributed by atoms with Gasteiger partial charge < -0.3 is 4.74 Å². The Bertz CT molecular complexity index is 449. The SMILES string of the molecule is COC(=O)/C(=C\c1ccccc1Br)C(C)=O. The maximum Gasteiger partial charge on any atom is 0.341 e. The number of Topliss-reactive ketones (excluding diaryl/α,β-unsaturated/α-hetero) is 1. The smallest absolute Gasteiger partial charge is 0.341 e. The van der Waals surface area contributed by atoms with Crippen molar-refractivity contribution in [2.24, 2.45) is 0 Å². The van der Waals surface area contributed by atoms with E-state index < -0.39 is 5.97 Å². The monoisotopic (exact) mass is 282 g/mol. The quantitative estimate of drug-likeness (QED) is 0.370. The van der Waals surface area contributed by atoms with Gasteiger partial charge in [0.05, 0.1) is 7.11 Å². The number of methoxy groups -OCH3 is 1. The fourth-order valence-corrected chi connectivity index (χ4v) is 1.56. The molecule has 0 fully saturated rings. The fraction of sp³-hybridized carbons (Fsp3) is 0.167. The number of benzene rings is 1. The van der Waals surface area contributed by atoms with E-state index in [0.717, 1.165) is 10.0 Å². The largest absolute Gasteiger partial charge is 0.465 e. The van der Waals surface area contributed by atoms with Gasteiger partial charge in [-0.15, -0.1) is 0 Å². The maximum absolute atomic E-state index is 11.3. The van der Waals surface area contributed by atoms with Gasteiger partial charge in [-0.1, -0.05) is 34.1 Å². The molecule has 0 radical (unpaired) electrons. The highest BCUT2D eigenvalue weighted by Gasteiger charge is 2.14. The molecule has 1 rings (SSSR count). The van der Waals surface area contributed by atoms with Gasteiger partial charge in [-0.05, 0) is 24.6 Å². The van der Waals surface area contributed by atoms with Crippen molar-refractivity contribution in [3.8, 4) is 0 Å². The molecule has 0 heterocycles. The van der Waals surface area contributed by atoms with Crippen LogP contribution in [0.15, 0.2) is 34.3 Å². The number of carbonyl (C=O) groups excluding carboxylic acids is 2. The van der Waals surface area contributed by atoms with Gasteiger partial charge in [0.25, 0.3) is 0 Å². The molecule has 0 aliphatic rings. The Hall–Kier alpha value is -1.42. The Balaban J connectivity index is 3.18. The molecule has 0 saturated carbocycles. The van der Waals surface area contributed by atoms with E-state index in [-0.39, 0.29) is 11.4 Å². The number of esters is 1. The van der Waals surface area contributed by atoms with Crippen LogP contribution in [-0.2, 0) is 14.3 Å². The Kier molecular flexibility index (Phi) is 4.43. The number of rotatable bonds is 3. The third kappa shape index (κ3) is 3.03. The second kappa shape index (κ2) is 5.61. The third-order valence-electron chi connectivity index (χ3n) is 1.99. The standard InChI is InChI=1S/C12H11BrO3/c1-8(14)10(12(15)16-2)7-9-5-3-4-6-11(9)13/h3-7H,1-2H3/b10-7-. The summed E-state index contributed by atoms with van der Waals surface area (Å²) < 4.78 is 5.36. The van der Waals surface area contributed by atoms with Crippen molar-refractivity contribution in [2.75, 3.05) is 7.11 Å². The zero-order valence-electron chi connectivity index (χ0n) is 8.99.